The molecule has 0 heterocycles. The highest BCUT2D eigenvalue weighted by Crippen LogP contribution is 2.49. The molecule has 3 nitrogen and oxygen atoms in total. The van der Waals surface area contributed by atoms with Gasteiger partial charge in [0.05, 0.1) is 19.0 Å². The SMILES string of the molecule is CCOP(=O)(C=C=Cc1ccccc1)OCC. The summed E-state index contributed by atoms with van der Waals surface area (Å²) in [4.78, 5) is 0. The average Bonchev–Trinajstić information content (AvgIpc) is 2.31. The first kappa shape index (κ1) is 14.0. The predicted octanol–water partition coefficient (Wildman–Crippen LogP) is 4.08. The third-order valence-corrected chi connectivity index (χ3v) is 3.60. The van der Waals surface area contributed by atoms with Crippen LogP contribution in [0.1, 0.15) is 19.4 Å². The fourth-order valence-corrected chi connectivity index (χ4v) is 2.45. The summed E-state index contributed by atoms with van der Waals surface area (Å²) in [5.74, 6) is 1.37. The molecule has 0 fully saturated rings. The minimum atomic E-state index is -3.12. The van der Waals surface area contributed by atoms with Crippen LogP contribution in [0.15, 0.2) is 41.9 Å². The molecule has 0 amide bonds. The first-order valence-electron chi connectivity index (χ1n) is 5.57. The molecular formula is C13H17O3P. The standard InChI is InChI=1S/C13H17O3P/c1-3-15-17(14,16-4-2)12-8-11-13-9-6-5-7-10-13/h5-7,9-12H,3-4H2,1-2H3. The van der Waals surface area contributed by atoms with E-state index in [4.69, 9.17) is 9.05 Å². The summed E-state index contributed by atoms with van der Waals surface area (Å²) in [6, 6.07) is 9.67. The zero-order chi connectivity index (χ0) is 12.6. The molecule has 4 heteroatoms. The van der Waals surface area contributed by atoms with E-state index in [1.165, 1.54) is 5.82 Å². The van der Waals surface area contributed by atoms with Gasteiger partial charge < -0.3 is 9.05 Å². The molecule has 1 aromatic carbocycles. The molecule has 0 spiro atoms. The summed E-state index contributed by atoms with van der Waals surface area (Å²) in [6.45, 7) is 4.25. The Kier molecular flexibility index (Phi) is 5.96. The van der Waals surface area contributed by atoms with Gasteiger partial charge >= 0.3 is 7.60 Å². The second-order valence-corrected chi connectivity index (χ2v) is 5.08. The largest absolute Gasteiger partial charge is 0.361 e. The van der Waals surface area contributed by atoms with Gasteiger partial charge in [-0.15, -0.1) is 5.73 Å². The third kappa shape index (κ3) is 5.16. The lowest BCUT2D eigenvalue weighted by molar-refractivity contribution is 0.229. The Hall–Kier alpha value is -1.11. The maximum atomic E-state index is 12.0. The molecule has 1 aromatic rings. The molecule has 1 rings (SSSR count). The third-order valence-electron chi connectivity index (χ3n) is 1.90. The molecule has 0 aromatic heterocycles. The maximum absolute atomic E-state index is 12.0. The minimum absolute atomic E-state index is 0.348. The molecule has 0 saturated carbocycles. The van der Waals surface area contributed by atoms with E-state index in [9.17, 15) is 4.57 Å². The van der Waals surface area contributed by atoms with E-state index < -0.39 is 7.60 Å². The van der Waals surface area contributed by atoms with Crippen LogP contribution in [0.5, 0.6) is 0 Å². The van der Waals surface area contributed by atoms with Crippen molar-refractivity contribution in [2.24, 2.45) is 0 Å². The van der Waals surface area contributed by atoms with Crippen molar-refractivity contribution in [1.82, 2.24) is 0 Å². The fraction of sp³-hybridized carbons (Fsp3) is 0.308. The molecule has 0 aliphatic carbocycles. The zero-order valence-corrected chi connectivity index (χ0v) is 11.0. The molecule has 92 valence electrons. The molecule has 0 radical (unpaired) electrons. The summed E-state index contributed by atoms with van der Waals surface area (Å²) in [5.41, 5.74) is 3.84. The van der Waals surface area contributed by atoms with Gasteiger partial charge in [-0.1, -0.05) is 30.3 Å². The summed E-state index contributed by atoms with van der Waals surface area (Å²) in [6.07, 6.45) is 1.74. The van der Waals surface area contributed by atoms with Crippen molar-refractivity contribution in [3.05, 3.63) is 47.4 Å². The molecule has 0 aliphatic rings. The second-order valence-electron chi connectivity index (χ2n) is 3.23. The van der Waals surface area contributed by atoms with Crippen molar-refractivity contribution in [2.45, 2.75) is 13.8 Å². The van der Waals surface area contributed by atoms with Gasteiger partial charge in [0, 0.05) is 0 Å². The molecule has 0 atom stereocenters. The van der Waals surface area contributed by atoms with Crippen molar-refractivity contribution in [3.63, 3.8) is 0 Å². The van der Waals surface area contributed by atoms with Gasteiger partial charge in [-0.2, -0.15) is 0 Å². The maximum Gasteiger partial charge on any atom is 0.361 e. The first-order chi connectivity index (χ1) is 8.20. The number of benzene rings is 1. The highest BCUT2D eigenvalue weighted by atomic mass is 31.2. The Morgan fingerprint density at radius 2 is 1.76 bits per heavy atom. The van der Waals surface area contributed by atoms with Crippen LogP contribution < -0.4 is 0 Å². The first-order valence-corrected chi connectivity index (χ1v) is 7.19. The second kappa shape index (κ2) is 7.26. The smallest absolute Gasteiger partial charge is 0.305 e. The van der Waals surface area contributed by atoms with Crippen LogP contribution in [0.3, 0.4) is 0 Å². The lowest BCUT2D eigenvalue weighted by Gasteiger charge is -2.10. The number of rotatable bonds is 6. The highest BCUT2D eigenvalue weighted by Gasteiger charge is 2.18. The van der Waals surface area contributed by atoms with Crippen molar-refractivity contribution in [1.29, 1.82) is 0 Å². The molecule has 0 unspecified atom stereocenters. The van der Waals surface area contributed by atoms with Gasteiger partial charge in [0.25, 0.3) is 0 Å². The Morgan fingerprint density at radius 1 is 1.18 bits per heavy atom. The van der Waals surface area contributed by atoms with Crippen LogP contribution >= 0.6 is 7.60 Å². The monoisotopic (exact) mass is 252 g/mol. The van der Waals surface area contributed by atoms with Crippen molar-refractivity contribution in [2.75, 3.05) is 13.2 Å². The molecule has 0 N–H and O–H groups in total. The van der Waals surface area contributed by atoms with Gasteiger partial charge in [-0.25, -0.2) is 0 Å². The summed E-state index contributed by atoms with van der Waals surface area (Å²) in [7, 11) is -3.12. The summed E-state index contributed by atoms with van der Waals surface area (Å²) >= 11 is 0. The van der Waals surface area contributed by atoms with Crippen molar-refractivity contribution in [3.8, 4) is 0 Å². The van der Waals surface area contributed by atoms with Crippen LogP contribution in [-0.4, -0.2) is 13.2 Å². The van der Waals surface area contributed by atoms with Crippen LogP contribution in [-0.2, 0) is 13.6 Å². The van der Waals surface area contributed by atoms with E-state index in [0.29, 0.717) is 13.2 Å². The summed E-state index contributed by atoms with van der Waals surface area (Å²) < 4.78 is 22.2. The average molecular weight is 252 g/mol. The zero-order valence-electron chi connectivity index (χ0n) is 10.1. The number of hydrogen-bond donors (Lipinski definition) is 0. The molecular weight excluding hydrogens is 235 g/mol. The Bertz CT molecular complexity index is 423. The van der Waals surface area contributed by atoms with Gasteiger partial charge in [-0.3, -0.25) is 4.57 Å². The topological polar surface area (TPSA) is 35.5 Å². The fourth-order valence-electron chi connectivity index (χ4n) is 1.25. The Morgan fingerprint density at radius 3 is 2.29 bits per heavy atom. The molecule has 0 aliphatic heterocycles. The van der Waals surface area contributed by atoms with Gasteiger partial charge in [0.1, 0.15) is 0 Å². The van der Waals surface area contributed by atoms with Gasteiger partial charge in [-0.05, 0) is 25.5 Å². The normalized spacial score (nSPS) is 10.7. The van der Waals surface area contributed by atoms with Gasteiger partial charge in [0.2, 0.25) is 0 Å². The summed E-state index contributed by atoms with van der Waals surface area (Å²) in [5, 5.41) is 0. The highest BCUT2D eigenvalue weighted by molar-refractivity contribution is 7.57. The molecule has 0 bridgehead atoms. The Balaban J connectivity index is 2.80. The van der Waals surface area contributed by atoms with E-state index in [2.05, 4.69) is 5.73 Å². The predicted molar refractivity (Wildman–Crippen MR) is 69.8 cm³/mol. The quantitative estimate of drug-likeness (QED) is 0.565. The van der Waals surface area contributed by atoms with Crippen molar-refractivity contribution >= 4 is 13.7 Å². The number of hydrogen-bond acceptors (Lipinski definition) is 3. The minimum Gasteiger partial charge on any atom is -0.305 e. The van der Waals surface area contributed by atoms with E-state index in [1.54, 1.807) is 19.9 Å². The molecule has 17 heavy (non-hydrogen) atoms. The van der Waals surface area contributed by atoms with Crippen LogP contribution in [0, 0.1) is 0 Å². The van der Waals surface area contributed by atoms with Crippen LogP contribution in [0.4, 0.5) is 0 Å². The van der Waals surface area contributed by atoms with E-state index in [-0.39, 0.29) is 0 Å². The van der Waals surface area contributed by atoms with Crippen molar-refractivity contribution < 1.29 is 13.6 Å². The van der Waals surface area contributed by atoms with Gasteiger partial charge in [0.15, 0.2) is 0 Å². The lowest BCUT2D eigenvalue weighted by Crippen LogP contribution is -1.91. The lowest BCUT2D eigenvalue weighted by atomic mass is 10.2. The Labute approximate surface area is 102 Å². The van der Waals surface area contributed by atoms with E-state index in [0.717, 1.165) is 5.56 Å². The van der Waals surface area contributed by atoms with Crippen LogP contribution in [0.25, 0.3) is 6.08 Å². The van der Waals surface area contributed by atoms with Crippen LogP contribution in [0.2, 0.25) is 0 Å². The van der Waals surface area contributed by atoms with E-state index in [1.807, 2.05) is 30.3 Å². The molecule has 0 saturated heterocycles. The van der Waals surface area contributed by atoms with E-state index >= 15 is 0 Å².